The number of hydrogen-bond donors (Lipinski definition) is 3. The highest BCUT2D eigenvalue weighted by Crippen LogP contribution is 2.08. The summed E-state index contributed by atoms with van der Waals surface area (Å²) in [5.74, 6) is 0. The van der Waals surface area contributed by atoms with Gasteiger partial charge in [-0.1, -0.05) is 13.8 Å². The van der Waals surface area contributed by atoms with E-state index in [1.165, 1.54) is 0 Å². The third-order valence-electron chi connectivity index (χ3n) is 4.05. The van der Waals surface area contributed by atoms with Crippen molar-refractivity contribution in [3.8, 4) is 0 Å². The predicted octanol–water partition coefficient (Wildman–Crippen LogP) is 1.82. The molecule has 0 amide bonds. The minimum atomic E-state index is -0.444. The largest absolute Gasteiger partial charge is 0.391 e. The zero-order chi connectivity index (χ0) is 18.4. The van der Waals surface area contributed by atoms with Gasteiger partial charge in [0.15, 0.2) is 0 Å². The lowest BCUT2D eigenvalue weighted by atomic mass is 10.1. The molecule has 0 heterocycles. The van der Waals surface area contributed by atoms with Gasteiger partial charge in [-0.05, 0) is 46.0 Å². The van der Waals surface area contributed by atoms with Crippen LogP contribution in [-0.4, -0.2) is 61.9 Å². The summed E-state index contributed by atoms with van der Waals surface area (Å²) in [5, 5.41) is 9.94. The quantitative estimate of drug-likeness (QED) is 0.393. The first-order chi connectivity index (χ1) is 11.4. The van der Waals surface area contributed by atoms with Crippen LogP contribution in [0.25, 0.3) is 0 Å². The normalized spacial score (nSPS) is 18.1. The van der Waals surface area contributed by atoms with E-state index in [9.17, 15) is 5.11 Å². The average Bonchev–Trinajstić information content (AvgIpc) is 2.57. The topological polar surface area (TPSA) is 100.0 Å². The Labute approximate surface area is 148 Å². The maximum atomic E-state index is 9.94. The second-order valence-corrected chi connectivity index (χ2v) is 6.75. The van der Waals surface area contributed by atoms with Crippen LogP contribution in [0.3, 0.4) is 0 Å². The first kappa shape index (κ1) is 23.8. The summed E-state index contributed by atoms with van der Waals surface area (Å²) in [5.41, 5.74) is 11.6. The molecule has 5 unspecified atom stereocenters. The van der Waals surface area contributed by atoms with E-state index in [0.29, 0.717) is 32.8 Å². The van der Waals surface area contributed by atoms with Gasteiger partial charge >= 0.3 is 0 Å². The summed E-state index contributed by atoms with van der Waals surface area (Å²) in [4.78, 5) is 0. The highest BCUT2D eigenvalue weighted by Gasteiger charge is 2.10. The predicted molar refractivity (Wildman–Crippen MR) is 98.0 cm³/mol. The van der Waals surface area contributed by atoms with Gasteiger partial charge in [0, 0.05) is 12.1 Å². The SMILES string of the molecule is CCC(N)COC(C)CCCC(O)COCC(C)OCC(N)CC. The number of rotatable bonds is 16. The molecule has 0 radical (unpaired) electrons. The van der Waals surface area contributed by atoms with Crippen molar-refractivity contribution >= 4 is 0 Å². The molecule has 0 aromatic heterocycles. The van der Waals surface area contributed by atoms with E-state index in [-0.39, 0.29) is 24.3 Å². The zero-order valence-corrected chi connectivity index (χ0v) is 16.1. The lowest BCUT2D eigenvalue weighted by molar-refractivity contribution is -0.0371. The monoisotopic (exact) mass is 348 g/mol. The van der Waals surface area contributed by atoms with Crippen LogP contribution in [-0.2, 0) is 14.2 Å². The Bertz CT molecular complexity index is 256. The van der Waals surface area contributed by atoms with Gasteiger partial charge in [0.1, 0.15) is 0 Å². The van der Waals surface area contributed by atoms with E-state index < -0.39 is 6.10 Å². The molecule has 6 nitrogen and oxygen atoms in total. The Morgan fingerprint density at radius 3 is 1.88 bits per heavy atom. The molecule has 0 bridgehead atoms. The van der Waals surface area contributed by atoms with Gasteiger partial charge < -0.3 is 30.8 Å². The molecule has 0 aliphatic heterocycles. The van der Waals surface area contributed by atoms with Crippen molar-refractivity contribution in [3.63, 3.8) is 0 Å². The van der Waals surface area contributed by atoms with E-state index in [1.54, 1.807) is 0 Å². The van der Waals surface area contributed by atoms with Crippen molar-refractivity contribution in [2.75, 3.05) is 26.4 Å². The summed E-state index contributed by atoms with van der Waals surface area (Å²) >= 11 is 0. The van der Waals surface area contributed by atoms with Gasteiger partial charge in [0.05, 0.1) is 44.7 Å². The van der Waals surface area contributed by atoms with Crippen molar-refractivity contribution in [2.45, 2.75) is 90.2 Å². The smallest absolute Gasteiger partial charge is 0.0781 e. The zero-order valence-electron chi connectivity index (χ0n) is 16.1. The number of aliphatic hydroxyl groups is 1. The van der Waals surface area contributed by atoms with Crippen LogP contribution in [0.1, 0.15) is 59.8 Å². The second-order valence-electron chi connectivity index (χ2n) is 6.75. The van der Waals surface area contributed by atoms with Crippen LogP contribution in [0.5, 0.6) is 0 Å². The summed E-state index contributed by atoms with van der Waals surface area (Å²) < 4.78 is 16.8. The fourth-order valence-corrected chi connectivity index (χ4v) is 2.04. The maximum absolute atomic E-state index is 9.94. The van der Waals surface area contributed by atoms with Crippen molar-refractivity contribution < 1.29 is 19.3 Å². The van der Waals surface area contributed by atoms with E-state index in [0.717, 1.165) is 25.7 Å². The molecule has 0 saturated carbocycles. The first-order valence-corrected chi connectivity index (χ1v) is 9.39. The molecule has 0 rings (SSSR count). The van der Waals surface area contributed by atoms with Gasteiger partial charge in [0.2, 0.25) is 0 Å². The highest BCUT2D eigenvalue weighted by molar-refractivity contribution is 4.62. The molecule has 0 aliphatic rings. The Kier molecular flexibility index (Phi) is 14.9. The fraction of sp³-hybridized carbons (Fsp3) is 1.00. The third kappa shape index (κ3) is 14.1. The Hall–Kier alpha value is -0.240. The minimum Gasteiger partial charge on any atom is -0.391 e. The molecule has 5 atom stereocenters. The van der Waals surface area contributed by atoms with Gasteiger partial charge in [-0.3, -0.25) is 0 Å². The molecule has 146 valence electrons. The van der Waals surface area contributed by atoms with Gasteiger partial charge in [-0.2, -0.15) is 0 Å². The lowest BCUT2D eigenvalue weighted by Crippen LogP contribution is -2.29. The van der Waals surface area contributed by atoms with E-state index >= 15 is 0 Å². The Balaban J connectivity index is 3.57. The van der Waals surface area contributed by atoms with E-state index in [4.69, 9.17) is 25.7 Å². The summed E-state index contributed by atoms with van der Waals surface area (Å²) in [6, 6.07) is 0.191. The molecule has 5 N–H and O–H groups in total. The number of nitrogens with two attached hydrogens (primary N) is 2. The molecule has 0 aliphatic carbocycles. The van der Waals surface area contributed by atoms with Gasteiger partial charge in [0.25, 0.3) is 0 Å². The highest BCUT2D eigenvalue weighted by atomic mass is 16.5. The summed E-state index contributed by atoms with van der Waals surface area (Å²) in [6.07, 6.45) is 4.09. The average molecular weight is 349 g/mol. The van der Waals surface area contributed by atoms with Crippen LogP contribution in [0.15, 0.2) is 0 Å². The molecule has 24 heavy (non-hydrogen) atoms. The minimum absolute atomic E-state index is 0.00834. The van der Waals surface area contributed by atoms with Crippen LogP contribution < -0.4 is 11.5 Å². The van der Waals surface area contributed by atoms with Crippen LogP contribution >= 0.6 is 0 Å². The van der Waals surface area contributed by atoms with Crippen molar-refractivity contribution in [1.29, 1.82) is 0 Å². The van der Waals surface area contributed by atoms with Crippen LogP contribution in [0.4, 0.5) is 0 Å². The molecular weight excluding hydrogens is 308 g/mol. The van der Waals surface area contributed by atoms with E-state index in [2.05, 4.69) is 6.92 Å². The van der Waals surface area contributed by atoms with Crippen molar-refractivity contribution in [1.82, 2.24) is 0 Å². The second kappa shape index (κ2) is 15.0. The number of ether oxygens (including phenoxy) is 3. The number of aliphatic hydroxyl groups excluding tert-OH is 1. The molecule has 0 aromatic carbocycles. The number of hydrogen-bond acceptors (Lipinski definition) is 6. The molecule has 0 saturated heterocycles. The Morgan fingerprint density at radius 1 is 0.792 bits per heavy atom. The summed E-state index contributed by atoms with van der Waals surface area (Å²) in [7, 11) is 0. The standard InChI is InChI=1S/C18H40N2O4/c1-5-16(19)11-23-14(3)8-7-9-18(21)13-22-10-15(4)24-12-17(20)6-2/h14-18,21H,5-13,19-20H2,1-4H3. The summed E-state index contributed by atoms with van der Waals surface area (Å²) in [6.45, 7) is 10.0. The van der Waals surface area contributed by atoms with Crippen molar-refractivity contribution in [2.24, 2.45) is 11.5 Å². The lowest BCUT2D eigenvalue weighted by Gasteiger charge is -2.18. The fourth-order valence-electron chi connectivity index (χ4n) is 2.04. The molecule has 6 heteroatoms. The maximum Gasteiger partial charge on any atom is 0.0781 e. The molecule has 0 aromatic rings. The van der Waals surface area contributed by atoms with Crippen LogP contribution in [0, 0.1) is 0 Å². The first-order valence-electron chi connectivity index (χ1n) is 9.39. The molecular formula is C18H40N2O4. The third-order valence-corrected chi connectivity index (χ3v) is 4.05. The van der Waals surface area contributed by atoms with Gasteiger partial charge in [-0.25, -0.2) is 0 Å². The molecule has 0 spiro atoms. The van der Waals surface area contributed by atoms with Crippen molar-refractivity contribution in [3.05, 3.63) is 0 Å². The Morgan fingerprint density at radius 2 is 1.33 bits per heavy atom. The van der Waals surface area contributed by atoms with Gasteiger partial charge in [-0.15, -0.1) is 0 Å². The van der Waals surface area contributed by atoms with E-state index in [1.807, 2.05) is 20.8 Å². The molecule has 0 fully saturated rings. The van der Waals surface area contributed by atoms with Crippen LogP contribution in [0.2, 0.25) is 0 Å².